The molecule has 0 radical (unpaired) electrons. The highest BCUT2D eigenvalue weighted by molar-refractivity contribution is 7.21. The average Bonchev–Trinajstić information content (AvgIpc) is 3.18. The van der Waals surface area contributed by atoms with Crippen LogP contribution in [-0.4, -0.2) is 59.7 Å². The number of piperidine rings is 1. The van der Waals surface area contributed by atoms with E-state index in [0.29, 0.717) is 32.3 Å². The maximum atomic E-state index is 13.4. The Morgan fingerprint density at radius 2 is 1.87 bits per heavy atom. The predicted molar refractivity (Wildman–Crippen MR) is 119 cm³/mol. The first-order valence-electron chi connectivity index (χ1n) is 10.7. The lowest BCUT2D eigenvalue weighted by molar-refractivity contribution is 0.0305. The molecule has 30 heavy (non-hydrogen) atoms. The second-order valence-electron chi connectivity index (χ2n) is 7.91. The van der Waals surface area contributed by atoms with E-state index >= 15 is 0 Å². The Labute approximate surface area is 180 Å². The van der Waals surface area contributed by atoms with E-state index in [-0.39, 0.29) is 5.91 Å². The van der Waals surface area contributed by atoms with Gasteiger partial charge in [-0.3, -0.25) is 4.79 Å². The van der Waals surface area contributed by atoms with Gasteiger partial charge in [-0.1, -0.05) is 18.2 Å². The number of aromatic nitrogens is 2. The summed E-state index contributed by atoms with van der Waals surface area (Å²) in [5.41, 5.74) is 1.18. The van der Waals surface area contributed by atoms with E-state index in [1.807, 2.05) is 11.0 Å². The number of fused-ring (bicyclic) bond motifs is 1. The number of hydrogen-bond acceptors (Lipinski definition) is 6. The van der Waals surface area contributed by atoms with E-state index in [4.69, 9.17) is 4.74 Å². The second-order valence-corrected chi connectivity index (χ2v) is 8.96. The van der Waals surface area contributed by atoms with Gasteiger partial charge in [0.05, 0.1) is 18.1 Å². The Morgan fingerprint density at radius 3 is 2.70 bits per heavy atom. The van der Waals surface area contributed by atoms with E-state index in [1.165, 1.54) is 22.1 Å². The molecule has 1 aromatic carbocycles. The third-order valence-electron chi connectivity index (χ3n) is 6.07. The SMILES string of the molecule is O=C(c1sc2ccccc2c1C[C@H]1CCCCN1c1ncccn1)N1CCOCC1. The summed E-state index contributed by atoms with van der Waals surface area (Å²) in [7, 11) is 0. The monoisotopic (exact) mass is 422 g/mol. The molecule has 4 heterocycles. The molecule has 1 atom stereocenters. The summed E-state index contributed by atoms with van der Waals surface area (Å²) in [6.07, 6.45) is 7.89. The molecule has 2 fully saturated rings. The molecule has 1 amide bonds. The fraction of sp³-hybridized carbons (Fsp3) is 0.435. The number of amides is 1. The number of anilines is 1. The van der Waals surface area contributed by atoms with Gasteiger partial charge in [0.2, 0.25) is 5.95 Å². The number of ether oxygens (including phenoxy) is 1. The van der Waals surface area contributed by atoms with Gasteiger partial charge in [0, 0.05) is 42.8 Å². The van der Waals surface area contributed by atoms with Crippen molar-refractivity contribution in [3.05, 3.63) is 53.2 Å². The topological polar surface area (TPSA) is 58.6 Å². The van der Waals surface area contributed by atoms with Crippen LogP contribution in [0.2, 0.25) is 0 Å². The summed E-state index contributed by atoms with van der Waals surface area (Å²) in [6.45, 7) is 3.53. The molecule has 2 aliphatic heterocycles. The van der Waals surface area contributed by atoms with Crippen molar-refractivity contribution >= 4 is 33.3 Å². The standard InChI is InChI=1S/C23H26N4O2S/c28-22(26-12-14-29-15-13-26)21-19(18-7-1-2-8-20(18)30-21)16-17-6-3-4-11-27(17)23-24-9-5-10-25-23/h1-2,5,7-10,17H,3-4,6,11-16H2/t17-/m1/s1. The molecule has 0 saturated carbocycles. The summed E-state index contributed by atoms with van der Waals surface area (Å²) in [6, 6.07) is 10.6. The summed E-state index contributed by atoms with van der Waals surface area (Å²) in [4.78, 5) is 27.6. The number of hydrogen-bond donors (Lipinski definition) is 0. The molecular formula is C23H26N4O2S. The van der Waals surface area contributed by atoms with Gasteiger partial charge in [-0.05, 0) is 48.8 Å². The van der Waals surface area contributed by atoms with E-state index in [1.54, 1.807) is 23.7 Å². The minimum Gasteiger partial charge on any atom is -0.378 e. The van der Waals surface area contributed by atoms with Gasteiger partial charge in [0.1, 0.15) is 0 Å². The van der Waals surface area contributed by atoms with Crippen LogP contribution in [0.25, 0.3) is 10.1 Å². The number of carbonyl (C=O) groups is 1. The first kappa shape index (κ1) is 19.5. The van der Waals surface area contributed by atoms with Crippen molar-refractivity contribution in [3.8, 4) is 0 Å². The van der Waals surface area contributed by atoms with Crippen molar-refractivity contribution in [3.63, 3.8) is 0 Å². The van der Waals surface area contributed by atoms with E-state index in [0.717, 1.165) is 36.6 Å². The Hall–Kier alpha value is -2.51. The van der Waals surface area contributed by atoms with Crippen LogP contribution in [0.3, 0.4) is 0 Å². The van der Waals surface area contributed by atoms with Crippen LogP contribution in [0.5, 0.6) is 0 Å². The summed E-state index contributed by atoms with van der Waals surface area (Å²) < 4.78 is 6.63. The highest BCUT2D eigenvalue weighted by atomic mass is 32.1. The summed E-state index contributed by atoms with van der Waals surface area (Å²) >= 11 is 1.63. The maximum Gasteiger partial charge on any atom is 0.264 e. The van der Waals surface area contributed by atoms with E-state index < -0.39 is 0 Å². The van der Waals surface area contributed by atoms with Crippen molar-refractivity contribution in [2.75, 3.05) is 37.7 Å². The van der Waals surface area contributed by atoms with Crippen LogP contribution in [0.1, 0.15) is 34.5 Å². The Balaban J connectivity index is 1.50. The molecule has 2 saturated heterocycles. The molecule has 0 spiro atoms. The van der Waals surface area contributed by atoms with Crippen molar-refractivity contribution in [2.24, 2.45) is 0 Å². The third kappa shape index (κ3) is 3.79. The molecule has 0 bridgehead atoms. The Morgan fingerprint density at radius 1 is 1.07 bits per heavy atom. The van der Waals surface area contributed by atoms with Gasteiger partial charge in [0.25, 0.3) is 5.91 Å². The van der Waals surface area contributed by atoms with Crippen LogP contribution in [0.4, 0.5) is 5.95 Å². The summed E-state index contributed by atoms with van der Waals surface area (Å²) in [5, 5.41) is 1.21. The number of nitrogens with zero attached hydrogens (tertiary/aromatic N) is 4. The molecule has 0 aliphatic carbocycles. The molecule has 2 aromatic heterocycles. The fourth-order valence-electron chi connectivity index (χ4n) is 4.54. The van der Waals surface area contributed by atoms with Crippen LogP contribution < -0.4 is 4.90 Å². The Kier molecular flexibility index (Phi) is 5.64. The van der Waals surface area contributed by atoms with Crippen molar-refractivity contribution in [2.45, 2.75) is 31.7 Å². The number of rotatable bonds is 4. The van der Waals surface area contributed by atoms with Gasteiger partial charge in [-0.25, -0.2) is 9.97 Å². The molecule has 5 rings (SSSR count). The number of carbonyl (C=O) groups excluding carboxylic acids is 1. The molecule has 0 N–H and O–H groups in total. The highest BCUT2D eigenvalue weighted by Crippen LogP contribution is 2.35. The number of benzene rings is 1. The molecular weight excluding hydrogens is 396 g/mol. The van der Waals surface area contributed by atoms with Crippen molar-refractivity contribution in [1.82, 2.24) is 14.9 Å². The predicted octanol–water partition coefficient (Wildman–Crippen LogP) is 3.77. The lowest BCUT2D eigenvalue weighted by atomic mass is 9.94. The zero-order chi connectivity index (χ0) is 20.3. The minimum absolute atomic E-state index is 0.146. The smallest absolute Gasteiger partial charge is 0.264 e. The van der Waals surface area contributed by atoms with Crippen LogP contribution in [0.15, 0.2) is 42.7 Å². The van der Waals surface area contributed by atoms with E-state index in [2.05, 4.69) is 39.1 Å². The number of thiophene rings is 1. The lowest BCUT2D eigenvalue weighted by Gasteiger charge is -2.36. The fourth-order valence-corrected chi connectivity index (χ4v) is 5.74. The van der Waals surface area contributed by atoms with Crippen LogP contribution >= 0.6 is 11.3 Å². The molecule has 7 heteroatoms. The average molecular weight is 423 g/mol. The molecule has 2 aliphatic rings. The van der Waals surface area contributed by atoms with Gasteiger partial charge >= 0.3 is 0 Å². The number of morpholine rings is 1. The third-order valence-corrected chi connectivity index (χ3v) is 7.27. The van der Waals surface area contributed by atoms with Crippen molar-refractivity contribution < 1.29 is 9.53 Å². The first-order chi connectivity index (χ1) is 14.8. The largest absolute Gasteiger partial charge is 0.378 e. The lowest BCUT2D eigenvalue weighted by Crippen LogP contribution is -2.43. The summed E-state index contributed by atoms with van der Waals surface area (Å²) in [5.74, 6) is 0.940. The zero-order valence-corrected chi connectivity index (χ0v) is 17.8. The maximum absolute atomic E-state index is 13.4. The minimum atomic E-state index is 0.146. The molecule has 6 nitrogen and oxygen atoms in total. The molecule has 0 unspecified atom stereocenters. The van der Waals surface area contributed by atoms with Crippen LogP contribution in [0, 0.1) is 0 Å². The van der Waals surface area contributed by atoms with Gasteiger partial charge in [-0.2, -0.15) is 0 Å². The van der Waals surface area contributed by atoms with E-state index in [9.17, 15) is 4.79 Å². The zero-order valence-electron chi connectivity index (χ0n) is 17.0. The second kappa shape index (κ2) is 8.70. The molecule has 3 aromatic rings. The van der Waals surface area contributed by atoms with Crippen molar-refractivity contribution in [1.29, 1.82) is 0 Å². The molecule has 156 valence electrons. The Bertz CT molecular complexity index is 1020. The highest BCUT2D eigenvalue weighted by Gasteiger charge is 2.30. The van der Waals surface area contributed by atoms with Gasteiger partial charge in [0.15, 0.2) is 0 Å². The van der Waals surface area contributed by atoms with Gasteiger partial charge in [-0.15, -0.1) is 11.3 Å². The first-order valence-corrected chi connectivity index (χ1v) is 11.5. The quantitative estimate of drug-likeness (QED) is 0.641. The van der Waals surface area contributed by atoms with Crippen LogP contribution in [-0.2, 0) is 11.2 Å². The van der Waals surface area contributed by atoms with Gasteiger partial charge < -0.3 is 14.5 Å². The normalized spacial score (nSPS) is 19.9.